The van der Waals surface area contributed by atoms with Gasteiger partial charge in [-0.2, -0.15) is 0 Å². The summed E-state index contributed by atoms with van der Waals surface area (Å²) in [7, 11) is 0. The normalized spacial score (nSPS) is 17.8. The van der Waals surface area contributed by atoms with Crippen molar-refractivity contribution < 1.29 is 19.2 Å². The minimum absolute atomic E-state index is 0.0898. The van der Waals surface area contributed by atoms with Gasteiger partial charge < -0.3 is 4.90 Å². The Hall–Kier alpha value is -1.60. The third-order valence-corrected chi connectivity index (χ3v) is 4.19. The number of carbonyl (C=O) groups excluding carboxylic acids is 2. The first-order valence-electron chi connectivity index (χ1n) is 6.21. The molecule has 108 valence electrons. The molecule has 1 N–H and O–H groups in total. The maximum Gasteiger partial charge on any atom is 0.242 e. The van der Waals surface area contributed by atoms with E-state index in [0.717, 1.165) is 10.6 Å². The summed E-state index contributed by atoms with van der Waals surface area (Å²) in [6.07, 6.45) is 0.522. The Morgan fingerprint density at radius 1 is 1.45 bits per heavy atom. The van der Waals surface area contributed by atoms with Crippen LogP contribution in [0.5, 0.6) is 0 Å². The lowest BCUT2D eigenvalue weighted by molar-refractivity contribution is -0.150. The van der Waals surface area contributed by atoms with Crippen LogP contribution in [0.25, 0.3) is 0 Å². The number of para-hydroxylation sites is 1. The fourth-order valence-electron chi connectivity index (χ4n) is 2.05. The molecule has 7 heteroatoms. The zero-order valence-corrected chi connectivity index (χ0v) is 11.6. The Bertz CT molecular complexity index is 500. The van der Waals surface area contributed by atoms with Crippen molar-refractivity contribution in [2.45, 2.75) is 16.6 Å². The Balaban J connectivity index is 2.25. The molecule has 20 heavy (non-hydrogen) atoms. The second-order valence-corrected chi connectivity index (χ2v) is 5.58. The molecule has 0 radical (unpaired) electrons. The number of carbonyl (C=O) groups is 2. The fraction of sp³-hybridized carbons (Fsp3) is 0.385. The first-order valence-corrected chi connectivity index (χ1v) is 7.09. The second-order valence-electron chi connectivity index (χ2n) is 4.33. The number of hydrogen-bond donors (Lipinski definition) is 1. The Kier molecular flexibility index (Phi) is 4.97. The van der Waals surface area contributed by atoms with Crippen LogP contribution in [0, 0.1) is 0 Å². The summed E-state index contributed by atoms with van der Waals surface area (Å²) in [5, 5.41) is 9.13. The van der Waals surface area contributed by atoms with Gasteiger partial charge in [-0.25, -0.2) is 5.06 Å². The van der Waals surface area contributed by atoms with Crippen molar-refractivity contribution in [1.29, 1.82) is 0 Å². The van der Waals surface area contributed by atoms with Gasteiger partial charge in [0.2, 0.25) is 12.3 Å². The fourth-order valence-corrected chi connectivity index (χ4v) is 3.27. The lowest BCUT2D eigenvalue weighted by Crippen LogP contribution is -2.45. The van der Waals surface area contributed by atoms with E-state index in [1.165, 1.54) is 16.7 Å². The van der Waals surface area contributed by atoms with Crippen molar-refractivity contribution in [3.05, 3.63) is 24.3 Å². The molecule has 2 amide bonds. The van der Waals surface area contributed by atoms with Gasteiger partial charge in [0.1, 0.15) is 5.25 Å². The number of hydroxylamine groups is 2. The SMILES string of the molecule is O=CN(O)CC1Sc2ccccc2N(CCCF)C1=O. The highest BCUT2D eigenvalue weighted by Crippen LogP contribution is 2.39. The van der Waals surface area contributed by atoms with Crippen LogP contribution < -0.4 is 4.90 Å². The van der Waals surface area contributed by atoms with Gasteiger partial charge >= 0.3 is 0 Å². The van der Waals surface area contributed by atoms with Crippen LogP contribution in [0.4, 0.5) is 10.1 Å². The molecule has 5 nitrogen and oxygen atoms in total. The van der Waals surface area contributed by atoms with Gasteiger partial charge in [0.05, 0.1) is 18.9 Å². The largest absolute Gasteiger partial charge is 0.310 e. The van der Waals surface area contributed by atoms with E-state index in [-0.39, 0.29) is 31.8 Å². The van der Waals surface area contributed by atoms with E-state index in [4.69, 9.17) is 0 Å². The molecule has 0 aliphatic carbocycles. The number of hydrogen-bond acceptors (Lipinski definition) is 4. The first kappa shape index (κ1) is 14.8. The molecule has 1 aliphatic rings. The van der Waals surface area contributed by atoms with E-state index in [1.807, 2.05) is 24.3 Å². The van der Waals surface area contributed by atoms with E-state index in [1.54, 1.807) is 0 Å². The first-order chi connectivity index (χ1) is 9.67. The minimum atomic E-state index is -0.584. The number of thioether (sulfide) groups is 1. The number of anilines is 1. The molecular weight excluding hydrogens is 283 g/mol. The van der Waals surface area contributed by atoms with Crippen LogP contribution in [0.3, 0.4) is 0 Å². The van der Waals surface area contributed by atoms with E-state index >= 15 is 0 Å². The molecule has 0 saturated heterocycles. The molecule has 0 spiro atoms. The molecule has 1 aromatic rings. The van der Waals surface area contributed by atoms with Gasteiger partial charge in [-0.15, -0.1) is 11.8 Å². The highest BCUT2D eigenvalue weighted by atomic mass is 32.2. The predicted octanol–water partition coefficient (Wildman–Crippen LogP) is 1.70. The van der Waals surface area contributed by atoms with Crippen molar-refractivity contribution in [2.75, 3.05) is 24.7 Å². The molecule has 1 atom stereocenters. The zero-order chi connectivity index (χ0) is 14.5. The highest BCUT2D eigenvalue weighted by molar-refractivity contribution is 8.01. The molecule has 1 unspecified atom stereocenters. The molecule has 0 aromatic heterocycles. The van der Waals surface area contributed by atoms with Crippen LogP contribution in [0.1, 0.15) is 6.42 Å². The van der Waals surface area contributed by atoms with Gasteiger partial charge in [-0.1, -0.05) is 12.1 Å². The van der Waals surface area contributed by atoms with Crippen LogP contribution in [0.2, 0.25) is 0 Å². The van der Waals surface area contributed by atoms with Crippen LogP contribution >= 0.6 is 11.8 Å². The van der Waals surface area contributed by atoms with E-state index in [9.17, 15) is 19.2 Å². The van der Waals surface area contributed by atoms with Gasteiger partial charge in [0, 0.05) is 11.4 Å². The summed E-state index contributed by atoms with van der Waals surface area (Å²) in [6, 6.07) is 7.34. The predicted molar refractivity (Wildman–Crippen MR) is 73.6 cm³/mol. The maximum atomic E-state index is 12.4. The summed E-state index contributed by atoms with van der Waals surface area (Å²) < 4.78 is 12.4. The molecule has 2 rings (SSSR count). The van der Waals surface area contributed by atoms with Gasteiger partial charge in [-0.05, 0) is 18.6 Å². The van der Waals surface area contributed by atoms with E-state index < -0.39 is 11.9 Å². The number of fused-ring (bicyclic) bond motifs is 1. The molecule has 1 aliphatic heterocycles. The van der Waals surface area contributed by atoms with Crippen LogP contribution in [0.15, 0.2) is 29.2 Å². The second kappa shape index (κ2) is 6.71. The van der Waals surface area contributed by atoms with Crippen molar-refractivity contribution >= 4 is 29.8 Å². The van der Waals surface area contributed by atoms with E-state index in [2.05, 4.69) is 0 Å². The Morgan fingerprint density at radius 2 is 2.20 bits per heavy atom. The number of amides is 2. The standard InChI is InChI=1S/C13H15FN2O3S/c14-6-3-7-16-10-4-1-2-5-11(10)20-12(13(16)18)8-15(19)9-17/h1-2,4-5,9,12,19H,3,6-8H2. The molecule has 0 saturated carbocycles. The Morgan fingerprint density at radius 3 is 2.90 bits per heavy atom. The monoisotopic (exact) mass is 298 g/mol. The summed E-state index contributed by atoms with van der Waals surface area (Å²) in [5.74, 6) is -0.219. The zero-order valence-electron chi connectivity index (χ0n) is 10.7. The topological polar surface area (TPSA) is 60.9 Å². The molecular formula is C13H15FN2O3S. The quantitative estimate of drug-likeness (QED) is 0.493. The molecule has 1 aromatic carbocycles. The molecule has 1 heterocycles. The van der Waals surface area contributed by atoms with Gasteiger partial charge in [-0.3, -0.25) is 19.2 Å². The Labute approximate surface area is 120 Å². The van der Waals surface area contributed by atoms with Crippen molar-refractivity contribution in [3.8, 4) is 0 Å². The van der Waals surface area contributed by atoms with Crippen molar-refractivity contribution in [2.24, 2.45) is 0 Å². The van der Waals surface area contributed by atoms with Crippen molar-refractivity contribution in [3.63, 3.8) is 0 Å². The molecule has 0 fully saturated rings. The van der Waals surface area contributed by atoms with Crippen LogP contribution in [-0.2, 0) is 9.59 Å². The van der Waals surface area contributed by atoms with Gasteiger partial charge in [0.15, 0.2) is 0 Å². The lowest BCUT2D eigenvalue weighted by Gasteiger charge is -2.34. The lowest BCUT2D eigenvalue weighted by atomic mass is 10.2. The smallest absolute Gasteiger partial charge is 0.242 e. The summed E-state index contributed by atoms with van der Waals surface area (Å²) in [5.41, 5.74) is 0.753. The summed E-state index contributed by atoms with van der Waals surface area (Å²) in [4.78, 5) is 25.3. The number of alkyl halides is 1. The van der Waals surface area contributed by atoms with Crippen LogP contribution in [-0.4, -0.2) is 47.6 Å². The highest BCUT2D eigenvalue weighted by Gasteiger charge is 2.34. The number of nitrogens with zero attached hydrogens (tertiary/aromatic N) is 2. The van der Waals surface area contributed by atoms with Gasteiger partial charge in [0.25, 0.3) is 0 Å². The maximum absolute atomic E-state index is 12.4. The average Bonchev–Trinajstić information content (AvgIpc) is 2.47. The number of benzene rings is 1. The third-order valence-electron chi connectivity index (χ3n) is 2.96. The minimum Gasteiger partial charge on any atom is -0.310 e. The summed E-state index contributed by atoms with van der Waals surface area (Å²) >= 11 is 1.30. The average molecular weight is 298 g/mol. The van der Waals surface area contributed by atoms with Crippen molar-refractivity contribution in [1.82, 2.24) is 5.06 Å². The number of halogens is 1. The third kappa shape index (κ3) is 3.10. The number of rotatable bonds is 6. The van der Waals surface area contributed by atoms with E-state index in [0.29, 0.717) is 5.06 Å². The molecule has 0 bridgehead atoms. The summed E-state index contributed by atoms with van der Waals surface area (Å²) in [6.45, 7) is -0.298.